The van der Waals surface area contributed by atoms with Crippen LogP contribution >= 0.6 is 0 Å². The fourth-order valence-corrected chi connectivity index (χ4v) is 2.22. The first-order chi connectivity index (χ1) is 7.15. The van der Waals surface area contributed by atoms with Crippen molar-refractivity contribution in [3.05, 3.63) is 34.9 Å². The van der Waals surface area contributed by atoms with Gasteiger partial charge in [0.2, 0.25) is 0 Å². The number of aliphatic hydroxyl groups excluding tert-OH is 1. The molecule has 15 heavy (non-hydrogen) atoms. The highest BCUT2D eigenvalue weighted by Gasteiger charge is 2.20. The molecule has 0 spiro atoms. The number of rotatable bonds is 2. The van der Waals surface area contributed by atoms with Crippen molar-refractivity contribution in [3.63, 3.8) is 0 Å². The maximum absolute atomic E-state index is 9.45. The van der Waals surface area contributed by atoms with Gasteiger partial charge >= 0.3 is 0 Å². The average molecular weight is 205 g/mol. The molecule has 1 aromatic carbocycles. The average Bonchev–Trinajstić information content (AvgIpc) is 2.56. The summed E-state index contributed by atoms with van der Waals surface area (Å²) in [5.41, 5.74) is 4.06. The van der Waals surface area contributed by atoms with Crippen LogP contribution in [-0.4, -0.2) is 29.2 Å². The van der Waals surface area contributed by atoms with Crippen molar-refractivity contribution in [2.24, 2.45) is 0 Å². The van der Waals surface area contributed by atoms with Crippen LogP contribution < -0.4 is 0 Å². The first-order valence-corrected chi connectivity index (χ1v) is 5.61. The molecule has 1 fully saturated rings. The lowest BCUT2D eigenvalue weighted by Gasteiger charge is -2.16. The van der Waals surface area contributed by atoms with Crippen molar-refractivity contribution in [2.45, 2.75) is 32.9 Å². The van der Waals surface area contributed by atoms with E-state index >= 15 is 0 Å². The van der Waals surface area contributed by atoms with Gasteiger partial charge in [-0.15, -0.1) is 0 Å². The molecule has 0 aliphatic carbocycles. The number of aryl methyl sites for hydroxylation is 2. The Morgan fingerprint density at radius 3 is 2.80 bits per heavy atom. The fraction of sp³-hybridized carbons (Fsp3) is 0.538. The molecule has 1 heterocycles. The summed E-state index contributed by atoms with van der Waals surface area (Å²) >= 11 is 0. The molecule has 1 atom stereocenters. The normalized spacial score (nSPS) is 22.2. The van der Waals surface area contributed by atoms with E-state index in [1.54, 1.807) is 0 Å². The van der Waals surface area contributed by atoms with E-state index in [0.29, 0.717) is 0 Å². The summed E-state index contributed by atoms with van der Waals surface area (Å²) in [6.07, 6.45) is 0.806. The van der Waals surface area contributed by atoms with Crippen molar-refractivity contribution >= 4 is 0 Å². The Kier molecular flexibility index (Phi) is 3.08. The second-order valence-electron chi connectivity index (χ2n) is 4.61. The summed E-state index contributed by atoms with van der Waals surface area (Å²) in [4.78, 5) is 2.32. The van der Waals surface area contributed by atoms with Gasteiger partial charge in [0.15, 0.2) is 0 Å². The van der Waals surface area contributed by atoms with Crippen LogP contribution in [0.2, 0.25) is 0 Å². The third-order valence-electron chi connectivity index (χ3n) is 3.14. The van der Waals surface area contributed by atoms with Gasteiger partial charge in [0.1, 0.15) is 0 Å². The number of aliphatic hydroxyl groups is 1. The zero-order chi connectivity index (χ0) is 10.8. The molecule has 1 saturated heterocycles. The minimum Gasteiger partial charge on any atom is -0.392 e. The van der Waals surface area contributed by atoms with Gasteiger partial charge in [-0.3, -0.25) is 4.90 Å². The van der Waals surface area contributed by atoms with Crippen LogP contribution in [0.25, 0.3) is 0 Å². The Morgan fingerprint density at radius 1 is 1.40 bits per heavy atom. The third-order valence-corrected chi connectivity index (χ3v) is 3.14. The van der Waals surface area contributed by atoms with Crippen molar-refractivity contribution < 1.29 is 5.11 Å². The first-order valence-electron chi connectivity index (χ1n) is 5.61. The van der Waals surface area contributed by atoms with Gasteiger partial charge in [-0.1, -0.05) is 23.8 Å². The first kappa shape index (κ1) is 10.7. The predicted molar refractivity (Wildman–Crippen MR) is 61.8 cm³/mol. The molecule has 2 nitrogen and oxygen atoms in total. The van der Waals surface area contributed by atoms with E-state index in [0.717, 1.165) is 26.1 Å². The second kappa shape index (κ2) is 4.33. The quantitative estimate of drug-likeness (QED) is 0.796. The number of likely N-dealkylation sites (tertiary alicyclic amines) is 1. The molecule has 1 aliphatic rings. The zero-order valence-electron chi connectivity index (χ0n) is 9.53. The van der Waals surface area contributed by atoms with Crippen molar-refractivity contribution in [1.29, 1.82) is 0 Å². The molecular formula is C13H19NO. The zero-order valence-corrected chi connectivity index (χ0v) is 9.53. The van der Waals surface area contributed by atoms with Gasteiger partial charge in [0, 0.05) is 19.6 Å². The Morgan fingerprint density at radius 2 is 2.20 bits per heavy atom. The Balaban J connectivity index is 2.04. The lowest BCUT2D eigenvalue weighted by atomic mass is 10.1. The molecule has 0 radical (unpaired) electrons. The lowest BCUT2D eigenvalue weighted by molar-refractivity contribution is 0.174. The third kappa shape index (κ3) is 2.58. The minimum atomic E-state index is -0.115. The Bertz CT molecular complexity index is 348. The summed E-state index contributed by atoms with van der Waals surface area (Å²) in [6.45, 7) is 7.11. The largest absolute Gasteiger partial charge is 0.392 e. The number of β-amino-alcohol motifs (C(OH)–C–C–N with tert-alkyl or cyclic N) is 1. The fourth-order valence-electron chi connectivity index (χ4n) is 2.22. The van der Waals surface area contributed by atoms with Crippen LogP contribution in [0, 0.1) is 13.8 Å². The van der Waals surface area contributed by atoms with Gasteiger partial charge in [-0.2, -0.15) is 0 Å². The summed E-state index contributed by atoms with van der Waals surface area (Å²) in [5, 5.41) is 9.45. The summed E-state index contributed by atoms with van der Waals surface area (Å²) in [6, 6.07) is 6.59. The summed E-state index contributed by atoms with van der Waals surface area (Å²) < 4.78 is 0. The smallest absolute Gasteiger partial charge is 0.0679 e. The molecule has 1 aromatic rings. The number of nitrogens with zero attached hydrogens (tertiary/aromatic N) is 1. The van der Waals surface area contributed by atoms with Gasteiger partial charge in [-0.25, -0.2) is 0 Å². The predicted octanol–water partition coefficient (Wildman–Crippen LogP) is 1.87. The van der Waals surface area contributed by atoms with Crippen molar-refractivity contribution in [3.8, 4) is 0 Å². The van der Waals surface area contributed by atoms with Crippen LogP contribution in [0.1, 0.15) is 23.1 Å². The Hall–Kier alpha value is -0.860. The second-order valence-corrected chi connectivity index (χ2v) is 4.61. The summed E-state index contributed by atoms with van der Waals surface area (Å²) in [7, 11) is 0. The molecule has 1 N–H and O–H groups in total. The molecule has 0 amide bonds. The summed E-state index contributed by atoms with van der Waals surface area (Å²) in [5.74, 6) is 0. The van der Waals surface area contributed by atoms with Crippen LogP contribution in [-0.2, 0) is 6.54 Å². The molecule has 0 saturated carbocycles. The van der Waals surface area contributed by atoms with Gasteiger partial charge in [0.25, 0.3) is 0 Å². The van der Waals surface area contributed by atoms with Crippen LogP contribution in [0.4, 0.5) is 0 Å². The topological polar surface area (TPSA) is 23.5 Å². The Labute approximate surface area is 91.5 Å². The van der Waals surface area contributed by atoms with E-state index in [1.807, 2.05) is 0 Å². The van der Waals surface area contributed by atoms with Crippen LogP contribution in [0.15, 0.2) is 18.2 Å². The van der Waals surface area contributed by atoms with E-state index in [1.165, 1.54) is 16.7 Å². The van der Waals surface area contributed by atoms with E-state index < -0.39 is 0 Å². The van der Waals surface area contributed by atoms with E-state index in [9.17, 15) is 5.11 Å². The minimum absolute atomic E-state index is 0.115. The van der Waals surface area contributed by atoms with E-state index in [4.69, 9.17) is 0 Å². The number of hydrogen-bond donors (Lipinski definition) is 1. The highest BCUT2D eigenvalue weighted by molar-refractivity contribution is 5.30. The highest BCUT2D eigenvalue weighted by atomic mass is 16.3. The van der Waals surface area contributed by atoms with Crippen LogP contribution in [0.5, 0.6) is 0 Å². The van der Waals surface area contributed by atoms with Gasteiger partial charge < -0.3 is 5.11 Å². The standard InChI is InChI=1S/C13H19NO/c1-10-3-4-12(11(2)7-10)8-14-6-5-13(15)9-14/h3-4,7,13,15H,5-6,8-9H2,1-2H3. The monoisotopic (exact) mass is 205 g/mol. The SMILES string of the molecule is Cc1ccc(CN2CCC(O)C2)c(C)c1. The van der Waals surface area contributed by atoms with E-state index in [-0.39, 0.29) is 6.10 Å². The number of benzene rings is 1. The van der Waals surface area contributed by atoms with Crippen molar-refractivity contribution in [1.82, 2.24) is 4.90 Å². The maximum atomic E-state index is 9.45. The molecule has 2 rings (SSSR count). The molecule has 82 valence electrons. The van der Waals surface area contributed by atoms with Crippen molar-refractivity contribution in [2.75, 3.05) is 13.1 Å². The lowest BCUT2D eigenvalue weighted by Crippen LogP contribution is -2.21. The molecule has 2 heteroatoms. The molecular weight excluding hydrogens is 186 g/mol. The molecule has 0 bridgehead atoms. The highest BCUT2D eigenvalue weighted by Crippen LogP contribution is 2.16. The maximum Gasteiger partial charge on any atom is 0.0679 e. The molecule has 1 unspecified atom stereocenters. The van der Waals surface area contributed by atoms with Gasteiger partial charge in [0.05, 0.1) is 6.10 Å². The molecule has 0 aromatic heterocycles. The van der Waals surface area contributed by atoms with Crippen LogP contribution in [0.3, 0.4) is 0 Å². The van der Waals surface area contributed by atoms with E-state index in [2.05, 4.69) is 36.9 Å². The molecule has 1 aliphatic heterocycles. The van der Waals surface area contributed by atoms with Gasteiger partial charge in [-0.05, 0) is 31.4 Å². The number of hydrogen-bond acceptors (Lipinski definition) is 2.